The van der Waals surface area contributed by atoms with E-state index in [4.69, 9.17) is 23.2 Å². The molecule has 19 heavy (non-hydrogen) atoms. The van der Waals surface area contributed by atoms with Gasteiger partial charge in [-0.1, -0.05) is 23.2 Å². The van der Waals surface area contributed by atoms with E-state index in [1.165, 1.54) is 12.3 Å². The average molecular weight is 299 g/mol. The highest BCUT2D eigenvalue weighted by molar-refractivity contribution is 6.35. The number of carbonyl (C=O) groups excluding carboxylic acids is 1. The zero-order valence-corrected chi connectivity index (χ0v) is 11.7. The van der Waals surface area contributed by atoms with Crippen LogP contribution in [0.4, 0.5) is 0 Å². The van der Waals surface area contributed by atoms with Crippen LogP contribution in [0.1, 0.15) is 17.3 Å². The van der Waals surface area contributed by atoms with Crippen molar-refractivity contribution in [2.75, 3.05) is 0 Å². The van der Waals surface area contributed by atoms with Crippen molar-refractivity contribution in [3.8, 4) is 0 Å². The maximum Gasteiger partial charge on any atom is 0.253 e. The summed E-state index contributed by atoms with van der Waals surface area (Å²) in [5.41, 5.74) is 0.314. The summed E-state index contributed by atoms with van der Waals surface area (Å²) in [4.78, 5) is 15.8. The Morgan fingerprint density at radius 2 is 2.32 bits per heavy atom. The molecule has 0 bridgehead atoms. The van der Waals surface area contributed by atoms with E-state index in [1.54, 1.807) is 10.9 Å². The Bertz CT molecular complexity index is 571. The number of nitrogens with zero attached hydrogens (tertiary/aromatic N) is 3. The smallest absolute Gasteiger partial charge is 0.253 e. The predicted molar refractivity (Wildman–Crippen MR) is 73.4 cm³/mol. The van der Waals surface area contributed by atoms with Crippen LogP contribution in [0.25, 0.3) is 0 Å². The van der Waals surface area contributed by atoms with E-state index in [2.05, 4.69) is 15.4 Å². The molecule has 100 valence electrons. The van der Waals surface area contributed by atoms with E-state index < -0.39 is 0 Å². The van der Waals surface area contributed by atoms with Gasteiger partial charge in [-0.25, -0.2) is 4.98 Å². The number of rotatable bonds is 4. The van der Waals surface area contributed by atoms with E-state index in [-0.39, 0.29) is 22.1 Å². The minimum atomic E-state index is -0.283. The molecule has 0 saturated heterocycles. The monoisotopic (exact) mass is 298 g/mol. The Hall–Kier alpha value is -1.59. The molecular weight excluding hydrogens is 287 g/mol. The molecule has 1 amide bonds. The van der Waals surface area contributed by atoms with Crippen LogP contribution in [0.15, 0.2) is 30.7 Å². The van der Waals surface area contributed by atoms with E-state index in [9.17, 15) is 4.79 Å². The Morgan fingerprint density at radius 3 is 3.00 bits per heavy atom. The molecular formula is C12H12Cl2N4O. The second kappa shape index (κ2) is 6.04. The van der Waals surface area contributed by atoms with Gasteiger partial charge in [-0.05, 0) is 19.1 Å². The van der Waals surface area contributed by atoms with E-state index in [0.29, 0.717) is 12.1 Å². The van der Waals surface area contributed by atoms with Gasteiger partial charge < -0.3 is 5.32 Å². The summed E-state index contributed by atoms with van der Waals surface area (Å²) >= 11 is 11.7. The van der Waals surface area contributed by atoms with Crippen molar-refractivity contribution in [3.05, 3.63) is 46.5 Å². The zero-order valence-electron chi connectivity index (χ0n) is 10.2. The third-order valence-corrected chi connectivity index (χ3v) is 2.97. The molecule has 7 heteroatoms. The van der Waals surface area contributed by atoms with Crippen LogP contribution in [0, 0.1) is 0 Å². The highest BCUT2D eigenvalue weighted by Crippen LogP contribution is 2.18. The Kier molecular flexibility index (Phi) is 4.39. The molecule has 0 fully saturated rings. The van der Waals surface area contributed by atoms with E-state index in [0.717, 1.165) is 0 Å². The highest BCUT2D eigenvalue weighted by atomic mass is 35.5. The first-order chi connectivity index (χ1) is 9.06. The molecule has 1 unspecified atom stereocenters. The zero-order chi connectivity index (χ0) is 13.8. The molecule has 2 aromatic heterocycles. The fourth-order valence-electron chi connectivity index (χ4n) is 1.62. The first kappa shape index (κ1) is 13.8. The first-order valence-corrected chi connectivity index (χ1v) is 6.41. The number of aromatic nitrogens is 3. The van der Waals surface area contributed by atoms with Crippen molar-refractivity contribution >= 4 is 29.1 Å². The van der Waals surface area contributed by atoms with Gasteiger partial charge in [0, 0.05) is 24.6 Å². The van der Waals surface area contributed by atoms with Gasteiger partial charge in [0.1, 0.15) is 5.15 Å². The molecule has 2 heterocycles. The Balaban J connectivity index is 2.02. The first-order valence-electron chi connectivity index (χ1n) is 5.65. The maximum absolute atomic E-state index is 12.0. The van der Waals surface area contributed by atoms with Crippen molar-refractivity contribution in [3.63, 3.8) is 0 Å². The molecule has 0 aromatic carbocycles. The van der Waals surface area contributed by atoms with Crippen molar-refractivity contribution in [2.24, 2.45) is 0 Å². The van der Waals surface area contributed by atoms with E-state index in [1.807, 2.05) is 19.2 Å². The number of pyridine rings is 1. The number of hydrogen-bond acceptors (Lipinski definition) is 3. The lowest BCUT2D eigenvalue weighted by atomic mass is 10.2. The molecule has 1 atom stereocenters. The van der Waals surface area contributed by atoms with E-state index >= 15 is 0 Å². The molecule has 0 aliphatic carbocycles. The summed E-state index contributed by atoms with van der Waals surface area (Å²) < 4.78 is 1.74. The van der Waals surface area contributed by atoms with Gasteiger partial charge in [-0.15, -0.1) is 0 Å². The Morgan fingerprint density at radius 1 is 1.53 bits per heavy atom. The lowest BCUT2D eigenvalue weighted by molar-refractivity contribution is 0.0936. The second-order valence-corrected chi connectivity index (χ2v) is 4.88. The number of hydrogen-bond donors (Lipinski definition) is 1. The predicted octanol–water partition coefficient (Wildman–Crippen LogP) is 2.40. The van der Waals surface area contributed by atoms with Crippen LogP contribution in [0.5, 0.6) is 0 Å². The van der Waals surface area contributed by atoms with Crippen molar-refractivity contribution in [1.29, 1.82) is 0 Å². The fraction of sp³-hybridized carbons (Fsp3) is 0.250. The standard InChI is InChI=1S/C12H12Cl2N4O/c1-8(7-18-4-2-3-16-18)17-12(19)9-5-11(14)15-6-10(9)13/h2-6,8H,7H2,1H3,(H,17,19). The molecule has 0 saturated carbocycles. The molecule has 0 aliphatic heterocycles. The summed E-state index contributed by atoms with van der Waals surface area (Å²) in [7, 11) is 0. The van der Waals surface area contributed by atoms with Crippen molar-refractivity contribution in [2.45, 2.75) is 19.5 Å². The lowest BCUT2D eigenvalue weighted by Gasteiger charge is -2.14. The average Bonchev–Trinajstić information content (AvgIpc) is 2.84. The number of nitrogens with one attached hydrogen (secondary N) is 1. The number of halogens is 2. The van der Waals surface area contributed by atoms with Gasteiger partial charge in [-0.3, -0.25) is 9.48 Å². The van der Waals surface area contributed by atoms with Crippen molar-refractivity contribution < 1.29 is 4.79 Å². The second-order valence-electron chi connectivity index (χ2n) is 4.09. The van der Waals surface area contributed by atoms with Gasteiger partial charge in [0.2, 0.25) is 0 Å². The molecule has 0 aliphatic rings. The van der Waals surface area contributed by atoms with Gasteiger partial charge in [0.25, 0.3) is 5.91 Å². The molecule has 0 spiro atoms. The number of amides is 1. The van der Waals surface area contributed by atoms with Crippen LogP contribution >= 0.6 is 23.2 Å². The minimum absolute atomic E-state index is 0.0876. The van der Waals surface area contributed by atoms with Crippen LogP contribution in [-0.4, -0.2) is 26.7 Å². The van der Waals surface area contributed by atoms with Crippen molar-refractivity contribution in [1.82, 2.24) is 20.1 Å². The largest absolute Gasteiger partial charge is 0.348 e. The summed E-state index contributed by atoms with van der Waals surface area (Å²) in [6.45, 7) is 2.46. The third kappa shape index (κ3) is 3.68. The lowest BCUT2D eigenvalue weighted by Crippen LogP contribution is -2.36. The third-order valence-electron chi connectivity index (χ3n) is 2.46. The van der Waals surface area contributed by atoms with Crippen LogP contribution in [0.2, 0.25) is 10.2 Å². The molecule has 2 aromatic rings. The maximum atomic E-state index is 12.0. The quantitative estimate of drug-likeness (QED) is 0.882. The van der Waals surface area contributed by atoms with Gasteiger partial charge in [0.05, 0.1) is 17.1 Å². The van der Waals surface area contributed by atoms with Gasteiger partial charge in [-0.2, -0.15) is 5.10 Å². The molecule has 5 nitrogen and oxygen atoms in total. The van der Waals surface area contributed by atoms with Crippen LogP contribution < -0.4 is 5.32 Å². The highest BCUT2D eigenvalue weighted by Gasteiger charge is 2.14. The molecule has 1 N–H and O–H groups in total. The van der Waals surface area contributed by atoms with Gasteiger partial charge in [0.15, 0.2) is 0 Å². The van der Waals surface area contributed by atoms with Gasteiger partial charge >= 0.3 is 0 Å². The summed E-state index contributed by atoms with van der Waals surface area (Å²) in [6, 6.07) is 3.18. The Labute approximate surface area is 120 Å². The number of carbonyl (C=O) groups is 1. The SMILES string of the molecule is CC(Cn1cccn1)NC(=O)c1cc(Cl)ncc1Cl. The summed E-state index contributed by atoms with van der Waals surface area (Å²) in [5, 5.41) is 7.41. The fourth-order valence-corrected chi connectivity index (χ4v) is 1.97. The van der Waals surface area contributed by atoms with Crippen LogP contribution in [0.3, 0.4) is 0 Å². The topological polar surface area (TPSA) is 59.8 Å². The normalized spacial score (nSPS) is 12.2. The van der Waals surface area contributed by atoms with Crippen LogP contribution in [-0.2, 0) is 6.54 Å². The molecule has 2 rings (SSSR count). The summed E-state index contributed by atoms with van der Waals surface area (Å²) in [5.74, 6) is -0.283. The molecule has 0 radical (unpaired) electrons. The minimum Gasteiger partial charge on any atom is -0.348 e. The summed E-state index contributed by atoms with van der Waals surface area (Å²) in [6.07, 6.45) is 4.88.